The summed E-state index contributed by atoms with van der Waals surface area (Å²) < 4.78 is 0. The fraction of sp³-hybridized carbons (Fsp3) is 0.348. The first-order valence-electron chi connectivity index (χ1n) is 9.43. The van der Waals surface area contributed by atoms with E-state index in [0.717, 1.165) is 36.6 Å². The molecule has 0 spiro atoms. The van der Waals surface area contributed by atoms with Crippen molar-refractivity contribution in [1.29, 1.82) is 0 Å². The first kappa shape index (κ1) is 17.0. The third-order valence-corrected chi connectivity index (χ3v) is 5.28. The van der Waals surface area contributed by atoms with E-state index in [4.69, 9.17) is 4.98 Å². The molecule has 0 saturated carbocycles. The van der Waals surface area contributed by atoms with Crippen LogP contribution < -0.4 is 4.90 Å². The Bertz CT molecular complexity index is 910. The lowest BCUT2D eigenvalue weighted by Crippen LogP contribution is -2.48. The molecule has 1 aliphatic rings. The SMILES string of the molecule is CC(C)(C)C1C[CH]CCN1c1nccc(-c2ccc3ccccc3c2)n1. The Morgan fingerprint density at radius 3 is 2.62 bits per heavy atom. The Labute approximate surface area is 156 Å². The van der Waals surface area contributed by atoms with E-state index < -0.39 is 0 Å². The summed E-state index contributed by atoms with van der Waals surface area (Å²) in [6, 6.07) is 17.4. The molecule has 1 aliphatic heterocycles. The van der Waals surface area contributed by atoms with Gasteiger partial charge in [0, 0.05) is 24.3 Å². The smallest absolute Gasteiger partial charge is 0.226 e. The van der Waals surface area contributed by atoms with Crippen LogP contribution in [0.3, 0.4) is 0 Å². The lowest BCUT2D eigenvalue weighted by Gasteiger charge is -2.43. The summed E-state index contributed by atoms with van der Waals surface area (Å²) in [5.41, 5.74) is 2.32. The number of nitrogens with zero attached hydrogens (tertiary/aromatic N) is 3. The highest BCUT2D eigenvalue weighted by Gasteiger charge is 2.33. The van der Waals surface area contributed by atoms with Gasteiger partial charge in [0.05, 0.1) is 5.69 Å². The molecule has 2 heterocycles. The lowest BCUT2D eigenvalue weighted by molar-refractivity contribution is 0.281. The van der Waals surface area contributed by atoms with Crippen LogP contribution in [0.4, 0.5) is 5.95 Å². The average Bonchev–Trinajstić information content (AvgIpc) is 2.67. The van der Waals surface area contributed by atoms with Crippen molar-refractivity contribution in [2.75, 3.05) is 11.4 Å². The van der Waals surface area contributed by atoms with Gasteiger partial charge in [-0.2, -0.15) is 0 Å². The fourth-order valence-electron chi connectivity index (χ4n) is 3.85. The van der Waals surface area contributed by atoms with Crippen LogP contribution >= 0.6 is 0 Å². The maximum atomic E-state index is 4.94. The minimum atomic E-state index is 0.194. The van der Waals surface area contributed by atoms with E-state index in [2.05, 4.69) is 79.5 Å². The monoisotopic (exact) mass is 344 g/mol. The first-order valence-corrected chi connectivity index (χ1v) is 9.43. The van der Waals surface area contributed by atoms with Crippen LogP contribution in [-0.2, 0) is 0 Å². The van der Waals surface area contributed by atoms with Crippen molar-refractivity contribution < 1.29 is 0 Å². The van der Waals surface area contributed by atoms with Crippen molar-refractivity contribution in [2.24, 2.45) is 5.41 Å². The van der Waals surface area contributed by atoms with Crippen LogP contribution in [0.25, 0.3) is 22.0 Å². The summed E-state index contributed by atoms with van der Waals surface area (Å²) in [6.07, 6.45) is 6.48. The third kappa shape index (κ3) is 3.31. The fourth-order valence-corrected chi connectivity index (χ4v) is 3.85. The van der Waals surface area contributed by atoms with Gasteiger partial charge >= 0.3 is 0 Å². The maximum absolute atomic E-state index is 4.94. The van der Waals surface area contributed by atoms with Crippen LogP contribution in [0.15, 0.2) is 54.7 Å². The van der Waals surface area contributed by atoms with Crippen molar-refractivity contribution in [3.63, 3.8) is 0 Å². The largest absolute Gasteiger partial charge is 0.337 e. The molecule has 3 aromatic rings. The summed E-state index contributed by atoms with van der Waals surface area (Å²) in [4.78, 5) is 11.9. The minimum absolute atomic E-state index is 0.194. The van der Waals surface area contributed by atoms with E-state index in [-0.39, 0.29) is 5.41 Å². The van der Waals surface area contributed by atoms with E-state index in [0.29, 0.717) is 6.04 Å². The Morgan fingerprint density at radius 1 is 1.00 bits per heavy atom. The number of rotatable bonds is 2. The molecule has 0 N–H and O–H groups in total. The molecule has 1 fully saturated rings. The van der Waals surface area contributed by atoms with Crippen LogP contribution in [0.1, 0.15) is 33.6 Å². The van der Waals surface area contributed by atoms with Gasteiger partial charge in [-0.1, -0.05) is 57.2 Å². The molecule has 0 amide bonds. The molecule has 1 saturated heterocycles. The molecule has 4 rings (SSSR count). The number of hydrogen-bond donors (Lipinski definition) is 0. The van der Waals surface area contributed by atoms with E-state index >= 15 is 0 Å². The highest BCUT2D eigenvalue weighted by molar-refractivity contribution is 5.86. The van der Waals surface area contributed by atoms with Crippen LogP contribution in [0, 0.1) is 11.8 Å². The van der Waals surface area contributed by atoms with E-state index in [9.17, 15) is 0 Å². The second-order valence-corrected chi connectivity index (χ2v) is 8.19. The van der Waals surface area contributed by atoms with Crippen molar-refractivity contribution in [1.82, 2.24) is 9.97 Å². The van der Waals surface area contributed by atoms with Crippen molar-refractivity contribution in [2.45, 2.75) is 39.7 Å². The molecule has 0 bridgehead atoms. The van der Waals surface area contributed by atoms with E-state index in [1.165, 1.54) is 10.8 Å². The van der Waals surface area contributed by atoms with Crippen molar-refractivity contribution in [3.8, 4) is 11.3 Å². The van der Waals surface area contributed by atoms with Gasteiger partial charge < -0.3 is 4.90 Å². The molecule has 1 atom stereocenters. The van der Waals surface area contributed by atoms with Gasteiger partial charge in [-0.05, 0) is 47.6 Å². The minimum Gasteiger partial charge on any atom is -0.337 e. The molecule has 133 valence electrons. The molecule has 1 radical (unpaired) electrons. The van der Waals surface area contributed by atoms with Crippen LogP contribution in [0.5, 0.6) is 0 Å². The quantitative estimate of drug-likeness (QED) is 0.613. The number of piperidine rings is 1. The Balaban J connectivity index is 1.71. The van der Waals surface area contributed by atoms with Gasteiger partial charge in [-0.25, -0.2) is 9.97 Å². The van der Waals surface area contributed by atoms with Gasteiger partial charge in [-0.3, -0.25) is 0 Å². The van der Waals surface area contributed by atoms with Gasteiger partial charge in [0.2, 0.25) is 5.95 Å². The van der Waals surface area contributed by atoms with Gasteiger partial charge in [-0.15, -0.1) is 0 Å². The average molecular weight is 344 g/mol. The molecule has 0 aliphatic carbocycles. The number of fused-ring (bicyclic) bond motifs is 1. The van der Waals surface area contributed by atoms with E-state index in [1.807, 2.05) is 12.3 Å². The lowest BCUT2D eigenvalue weighted by atomic mass is 9.81. The summed E-state index contributed by atoms with van der Waals surface area (Å²) in [6.45, 7) is 7.90. The maximum Gasteiger partial charge on any atom is 0.226 e. The zero-order chi connectivity index (χ0) is 18.1. The van der Waals surface area contributed by atoms with Gasteiger partial charge in [0.15, 0.2) is 0 Å². The molecule has 3 nitrogen and oxygen atoms in total. The standard InChI is InChI=1S/C23H26N3/c1-23(2,3)21-10-6-7-15-26(21)22-24-14-13-20(25-22)19-12-11-17-8-4-5-9-18(17)16-19/h4-6,8-9,11-14,16,21H,7,10,15H2,1-3H3. The number of hydrogen-bond acceptors (Lipinski definition) is 3. The molecule has 2 aromatic carbocycles. The third-order valence-electron chi connectivity index (χ3n) is 5.28. The predicted octanol–water partition coefficient (Wildman–Crippen LogP) is 5.52. The normalized spacial score (nSPS) is 18.3. The highest BCUT2D eigenvalue weighted by atomic mass is 15.3. The topological polar surface area (TPSA) is 29.0 Å². The molecule has 26 heavy (non-hydrogen) atoms. The Morgan fingerprint density at radius 2 is 1.81 bits per heavy atom. The summed E-state index contributed by atoms with van der Waals surface area (Å²) in [5, 5.41) is 2.50. The second-order valence-electron chi connectivity index (χ2n) is 8.19. The molecule has 3 heteroatoms. The molecule has 1 aromatic heterocycles. The first-order chi connectivity index (χ1) is 12.5. The van der Waals surface area contributed by atoms with Crippen molar-refractivity contribution in [3.05, 3.63) is 61.1 Å². The summed E-state index contributed by atoms with van der Waals surface area (Å²) in [5.74, 6) is 0.851. The van der Waals surface area contributed by atoms with E-state index in [1.54, 1.807) is 0 Å². The predicted molar refractivity (Wildman–Crippen MR) is 109 cm³/mol. The number of benzene rings is 2. The second kappa shape index (κ2) is 6.71. The zero-order valence-electron chi connectivity index (χ0n) is 15.8. The van der Waals surface area contributed by atoms with Crippen LogP contribution in [-0.4, -0.2) is 22.6 Å². The highest BCUT2D eigenvalue weighted by Crippen LogP contribution is 2.34. The Kier molecular flexibility index (Phi) is 4.39. The number of aromatic nitrogens is 2. The molecular weight excluding hydrogens is 318 g/mol. The summed E-state index contributed by atoms with van der Waals surface area (Å²) >= 11 is 0. The molecular formula is C23H26N3. The molecule has 1 unspecified atom stereocenters. The van der Waals surface area contributed by atoms with Crippen LogP contribution in [0.2, 0.25) is 0 Å². The van der Waals surface area contributed by atoms with Gasteiger partial charge in [0.1, 0.15) is 0 Å². The Hall–Kier alpha value is -2.42. The summed E-state index contributed by atoms with van der Waals surface area (Å²) in [7, 11) is 0. The van der Waals surface area contributed by atoms with Crippen molar-refractivity contribution >= 4 is 16.7 Å². The number of anilines is 1. The zero-order valence-corrected chi connectivity index (χ0v) is 15.8. The van der Waals surface area contributed by atoms with Gasteiger partial charge in [0.25, 0.3) is 0 Å².